The average molecular weight is 301 g/mol. The zero-order valence-corrected chi connectivity index (χ0v) is 12.5. The van der Waals surface area contributed by atoms with Crippen molar-refractivity contribution in [1.82, 2.24) is 0 Å². The molecule has 0 aromatic heterocycles. The highest BCUT2D eigenvalue weighted by molar-refractivity contribution is 5.93. The topological polar surface area (TPSA) is 89.8 Å². The summed E-state index contributed by atoms with van der Waals surface area (Å²) in [5.74, 6) is -0.679. The molecule has 0 saturated carbocycles. The van der Waals surface area contributed by atoms with Crippen LogP contribution < -0.4 is 5.32 Å². The molecule has 1 unspecified atom stereocenters. The Morgan fingerprint density at radius 2 is 1.82 bits per heavy atom. The van der Waals surface area contributed by atoms with Crippen molar-refractivity contribution in [3.63, 3.8) is 0 Å². The van der Waals surface area contributed by atoms with Crippen LogP contribution in [0.2, 0.25) is 0 Å². The van der Waals surface area contributed by atoms with Gasteiger partial charge in [0.05, 0.1) is 0 Å². The summed E-state index contributed by atoms with van der Waals surface area (Å²) in [6.45, 7) is 3.59. The van der Waals surface area contributed by atoms with Crippen LogP contribution in [0.15, 0.2) is 36.4 Å². The van der Waals surface area contributed by atoms with E-state index in [9.17, 15) is 20.1 Å². The lowest BCUT2D eigenvalue weighted by Gasteiger charge is -2.14. The molecule has 5 nitrogen and oxygen atoms in total. The van der Waals surface area contributed by atoms with E-state index in [-0.39, 0.29) is 29.1 Å². The standard InChI is InChI=1S/C17H19NO4/c1-10-8-13(19)4-5-14(10)18-17(22)11(2)7-12-3-6-15(20)16(21)9-12/h3-6,8-9,11,19-21H,7H2,1-2H3,(H,18,22). The summed E-state index contributed by atoms with van der Waals surface area (Å²) in [4.78, 5) is 12.2. The van der Waals surface area contributed by atoms with Gasteiger partial charge in [0.2, 0.25) is 5.91 Å². The van der Waals surface area contributed by atoms with Crippen LogP contribution in [-0.2, 0) is 11.2 Å². The van der Waals surface area contributed by atoms with Crippen molar-refractivity contribution in [2.24, 2.45) is 5.92 Å². The molecule has 0 aliphatic rings. The van der Waals surface area contributed by atoms with Crippen molar-refractivity contribution in [1.29, 1.82) is 0 Å². The van der Waals surface area contributed by atoms with E-state index in [1.54, 1.807) is 32.0 Å². The number of carbonyl (C=O) groups is 1. The van der Waals surface area contributed by atoms with E-state index in [4.69, 9.17) is 0 Å². The average Bonchev–Trinajstić information content (AvgIpc) is 2.45. The van der Waals surface area contributed by atoms with E-state index in [1.807, 2.05) is 0 Å². The summed E-state index contributed by atoms with van der Waals surface area (Å²) in [5.41, 5.74) is 2.20. The van der Waals surface area contributed by atoms with Gasteiger partial charge < -0.3 is 20.6 Å². The number of benzene rings is 2. The number of hydrogen-bond acceptors (Lipinski definition) is 4. The minimum atomic E-state index is -0.308. The molecule has 116 valence electrons. The summed E-state index contributed by atoms with van der Waals surface area (Å²) >= 11 is 0. The molecule has 0 heterocycles. The van der Waals surface area contributed by atoms with E-state index in [1.165, 1.54) is 18.2 Å². The second kappa shape index (κ2) is 6.39. The summed E-state index contributed by atoms with van der Waals surface area (Å²) in [6, 6.07) is 9.28. The highest BCUT2D eigenvalue weighted by Crippen LogP contribution is 2.26. The fourth-order valence-electron chi connectivity index (χ4n) is 2.19. The normalized spacial score (nSPS) is 11.9. The molecule has 5 heteroatoms. The third-order valence-corrected chi connectivity index (χ3v) is 3.50. The fourth-order valence-corrected chi connectivity index (χ4v) is 2.19. The number of aromatic hydroxyl groups is 3. The van der Waals surface area contributed by atoms with Crippen LogP contribution >= 0.6 is 0 Å². The number of rotatable bonds is 4. The summed E-state index contributed by atoms with van der Waals surface area (Å²) in [7, 11) is 0. The van der Waals surface area contributed by atoms with Crippen molar-refractivity contribution in [3.05, 3.63) is 47.5 Å². The van der Waals surface area contributed by atoms with Gasteiger partial charge in [-0.1, -0.05) is 13.0 Å². The molecule has 0 saturated heterocycles. The third kappa shape index (κ3) is 3.69. The lowest BCUT2D eigenvalue weighted by Crippen LogP contribution is -2.22. The van der Waals surface area contributed by atoms with Gasteiger partial charge in [-0.15, -0.1) is 0 Å². The van der Waals surface area contributed by atoms with Crippen molar-refractivity contribution in [3.8, 4) is 17.2 Å². The van der Waals surface area contributed by atoms with Gasteiger partial charge in [0.1, 0.15) is 5.75 Å². The molecule has 22 heavy (non-hydrogen) atoms. The van der Waals surface area contributed by atoms with Crippen molar-refractivity contribution >= 4 is 11.6 Å². The van der Waals surface area contributed by atoms with Crippen LogP contribution in [0.25, 0.3) is 0 Å². The van der Waals surface area contributed by atoms with Gasteiger partial charge in [-0.05, 0) is 54.8 Å². The monoisotopic (exact) mass is 301 g/mol. The molecule has 0 bridgehead atoms. The van der Waals surface area contributed by atoms with E-state index in [0.717, 1.165) is 11.1 Å². The highest BCUT2D eigenvalue weighted by Gasteiger charge is 2.15. The molecular weight excluding hydrogens is 282 g/mol. The zero-order chi connectivity index (χ0) is 16.3. The Morgan fingerprint density at radius 3 is 2.45 bits per heavy atom. The maximum absolute atomic E-state index is 12.2. The van der Waals surface area contributed by atoms with E-state index in [2.05, 4.69) is 5.32 Å². The number of hydrogen-bond donors (Lipinski definition) is 4. The second-order valence-corrected chi connectivity index (χ2v) is 5.42. The number of carbonyl (C=O) groups excluding carboxylic acids is 1. The van der Waals surface area contributed by atoms with Crippen LogP contribution in [0, 0.1) is 12.8 Å². The van der Waals surface area contributed by atoms with Gasteiger partial charge in [0, 0.05) is 11.6 Å². The number of phenolic OH excluding ortho intramolecular Hbond substituents is 3. The molecule has 0 spiro atoms. The predicted octanol–water partition coefficient (Wildman–Crippen LogP) is 2.93. The van der Waals surface area contributed by atoms with Crippen LogP contribution in [-0.4, -0.2) is 21.2 Å². The van der Waals surface area contributed by atoms with Gasteiger partial charge in [-0.2, -0.15) is 0 Å². The number of nitrogens with one attached hydrogen (secondary N) is 1. The number of anilines is 1. The first-order valence-electron chi connectivity index (χ1n) is 6.98. The molecule has 0 fully saturated rings. The van der Waals surface area contributed by atoms with Gasteiger partial charge >= 0.3 is 0 Å². The Labute approximate surface area is 128 Å². The van der Waals surface area contributed by atoms with Gasteiger partial charge in [0.25, 0.3) is 0 Å². The van der Waals surface area contributed by atoms with Gasteiger partial charge in [0.15, 0.2) is 11.5 Å². The Morgan fingerprint density at radius 1 is 1.09 bits per heavy atom. The molecule has 1 atom stereocenters. The predicted molar refractivity (Wildman–Crippen MR) is 84.1 cm³/mol. The quantitative estimate of drug-likeness (QED) is 0.516. The first-order valence-corrected chi connectivity index (χ1v) is 6.98. The minimum Gasteiger partial charge on any atom is -0.508 e. The summed E-state index contributed by atoms with van der Waals surface area (Å²) < 4.78 is 0. The minimum absolute atomic E-state index is 0.152. The molecule has 4 N–H and O–H groups in total. The second-order valence-electron chi connectivity index (χ2n) is 5.42. The Kier molecular flexibility index (Phi) is 4.56. The zero-order valence-electron chi connectivity index (χ0n) is 12.5. The molecular formula is C17H19NO4. The summed E-state index contributed by atoms with van der Waals surface area (Å²) in [6.07, 6.45) is 0.441. The van der Waals surface area contributed by atoms with Crippen LogP contribution in [0.4, 0.5) is 5.69 Å². The number of phenols is 3. The van der Waals surface area contributed by atoms with Gasteiger partial charge in [-0.25, -0.2) is 0 Å². The van der Waals surface area contributed by atoms with Crippen molar-refractivity contribution < 1.29 is 20.1 Å². The van der Waals surface area contributed by atoms with Crippen LogP contribution in [0.5, 0.6) is 17.2 Å². The van der Waals surface area contributed by atoms with Crippen molar-refractivity contribution in [2.75, 3.05) is 5.32 Å². The molecule has 0 aliphatic carbocycles. The maximum Gasteiger partial charge on any atom is 0.227 e. The summed E-state index contributed by atoms with van der Waals surface area (Å²) in [5, 5.41) is 30.9. The highest BCUT2D eigenvalue weighted by atomic mass is 16.3. The van der Waals surface area contributed by atoms with E-state index < -0.39 is 0 Å². The number of aryl methyl sites for hydroxylation is 1. The van der Waals surface area contributed by atoms with Crippen LogP contribution in [0.1, 0.15) is 18.1 Å². The Balaban J connectivity index is 2.04. The third-order valence-electron chi connectivity index (χ3n) is 3.50. The fraction of sp³-hybridized carbons (Fsp3) is 0.235. The molecule has 2 aromatic carbocycles. The molecule has 2 aromatic rings. The SMILES string of the molecule is Cc1cc(O)ccc1NC(=O)C(C)Cc1ccc(O)c(O)c1. The van der Waals surface area contributed by atoms with E-state index >= 15 is 0 Å². The van der Waals surface area contributed by atoms with E-state index in [0.29, 0.717) is 12.1 Å². The largest absolute Gasteiger partial charge is 0.508 e. The lowest BCUT2D eigenvalue weighted by atomic mass is 9.99. The molecule has 2 rings (SSSR count). The molecule has 0 radical (unpaired) electrons. The lowest BCUT2D eigenvalue weighted by molar-refractivity contribution is -0.119. The van der Waals surface area contributed by atoms with Gasteiger partial charge in [-0.3, -0.25) is 4.79 Å². The molecule has 0 aliphatic heterocycles. The first-order chi connectivity index (χ1) is 10.4. The number of amides is 1. The Hall–Kier alpha value is -2.69. The molecule has 1 amide bonds. The van der Waals surface area contributed by atoms with Crippen molar-refractivity contribution in [2.45, 2.75) is 20.3 Å². The maximum atomic E-state index is 12.2. The first kappa shape index (κ1) is 15.7. The smallest absolute Gasteiger partial charge is 0.227 e. The Bertz CT molecular complexity index is 697. The van der Waals surface area contributed by atoms with Crippen LogP contribution in [0.3, 0.4) is 0 Å².